The van der Waals surface area contributed by atoms with Gasteiger partial charge in [0.05, 0.1) is 6.54 Å². The zero-order chi connectivity index (χ0) is 14.4. The molecule has 1 aliphatic rings. The van der Waals surface area contributed by atoms with Gasteiger partial charge in [-0.25, -0.2) is 9.59 Å². The molecule has 0 saturated carbocycles. The third-order valence-electron chi connectivity index (χ3n) is 2.72. The van der Waals surface area contributed by atoms with Crippen molar-refractivity contribution in [1.82, 2.24) is 15.5 Å². The summed E-state index contributed by atoms with van der Waals surface area (Å²) in [5.74, 6) is -2.28. The molecular weight excluding hydrogens is 254 g/mol. The lowest BCUT2D eigenvalue weighted by molar-refractivity contribution is -0.142. The first-order valence-electron chi connectivity index (χ1n) is 6.06. The van der Waals surface area contributed by atoms with Crippen molar-refractivity contribution in [2.45, 2.75) is 32.2 Å². The number of rotatable bonds is 7. The lowest BCUT2D eigenvalue weighted by Crippen LogP contribution is -2.47. The second-order valence-corrected chi connectivity index (χ2v) is 4.24. The molecule has 1 rings (SSSR count). The van der Waals surface area contributed by atoms with Gasteiger partial charge in [-0.15, -0.1) is 0 Å². The highest BCUT2D eigenvalue weighted by molar-refractivity contribution is 6.04. The first kappa shape index (κ1) is 14.9. The Morgan fingerprint density at radius 3 is 2.63 bits per heavy atom. The summed E-state index contributed by atoms with van der Waals surface area (Å²) in [6.07, 6.45) is 1.80. The molecule has 1 atom stereocenters. The van der Waals surface area contributed by atoms with Gasteiger partial charge in [0, 0.05) is 0 Å². The van der Waals surface area contributed by atoms with Crippen LogP contribution in [0.5, 0.6) is 0 Å². The second kappa shape index (κ2) is 6.72. The summed E-state index contributed by atoms with van der Waals surface area (Å²) in [6.45, 7) is 1.32. The maximum atomic E-state index is 11.6. The first-order valence-corrected chi connectivity index (χ1v) is 6.06. The molecule has 0 unspecified atom stereocenters. The number of carboxylic acids is 1. The number of nitrogens with one attached hydrogen (secondary N) is 2. The van der Waals surface area contributed by atoms with Crippen LogP contribution in [0.15, 0.2) is 0 Å². The molecule has 0 aromatic rings. The Hall–Kier alpha value is -2.12. The second-order valence-electron chi connectivity index (χ2n) is 4.24. The molecule has 19 heavy (non-hydrogen) atoms. The molecule has 4 amide bonds. The normalized spacial score (nSPS) is 16.2. The Kier molecular flexibility index (Phi) is 5.28. The molecule has 106 valence electrons. The largest absolute Gasteiger partial charge is 0.480 e. The van der Waals surface area contributed by atoms with Gasteiger partial charge in [0.25, 0.3) is 5.91 Å². The number of carbonyl (C=O) groups is 4. The first-order chi connectivity index (χ1) is 8.95. The lowest BCUT2D eigenvalue weighted by Gasteiger charge is -2.16. The van der Waals surface area contributed by atoms with Crippen LogP contribution in [0.1, 0.15) is 26.2 Å². The van der Waals surface area contributed by atoms with E-state index < -0.39 is 36.4 Å². The quantitative estimate of drug-likeness (QED) is 0.529. The monoisotopic (exact) mass is 271 g/mol. The van der Waals surface area contributed by atoms with E-state index in [2.05, 4.69) is 10.6 Å². The Balaban J connectivity index is 2.50. The van der Waals surface area contributed by atoms with Gasteiger partial charge in [0.1, 0.15) is 12.6 Å². The molecule has 3 N–H and O–H groups in total. The van der Waals surface area contributed by atoms with Crippen LogP contribution in [0.2, 0.25) is 0 Å². The molecule has 1 aliphatic heterocycles. The maximum absolute atomic E-state index is 11.6. The van der Waals surface area contributed by atoms with Crippen LogP contribution in [0.3, 0.4) is 0 Å². The van der Waals surface area contributed by atoms with E-state index in [1.807, 2.05) is 6.92 Å². The van der Waals surface area contributed by atoms with Crippen LogP contribution >= 0.6 is 0 Å². The molecule has 0 aromatic heterocycles. The third-order valence-corrected chi connectivity index (χ3v) is 2.72. The summed E-state index contributed by atoms with van der Waals surface area (Å²) in [4.78, 5) is 45.8. The molecule has 1 saturated heterocycles. The predicted octanol–water partition coefficient (Wildman–Crippen LogP) is -0.702. The van der Waals surface area contributed by atoms with Crippen LogP contribution in [0.4, 0.5) is 4.79 Å². The molecule has 0 radical (unpaired) electrons. The Morgan fingerprint density at radius 1 is 1.47 bits per heavy atom. The maximum Gasteiger partial charge on any atom is 0.326 e. The van der Waals surface area contributed by atoms with Gasteiger partial charge < -0.3 is 15.7 Å². The number of hydrogen-bond donors (Lipinski definition) is 3. The molecule has 1 fully saturated rings. The summed E-state index contributed by atoms with van der Waals surface area (Å²) < 4.78 is 0. The van der Waals surface area contributed by atoms with E-state index in [0.717, 1.165) is 11.3 Å². The fourth-order valence-electron chi connectivity index (χ4n) is 1.66. The van der Waals surface area contributed by atoms with Gasteiger partial charge in [-0.3, -0.25) is 14.5 Å². The number of amides is 4. The highest BCUT2D eigenvalue weighted by Crippen LogP contribution is 2.02. The van der Waals surface area contributed by atoms with Gasteiger partial charge in [-0.05, 0) is 6.42 Å². The van der Waals surface area contributed by atoms with Crippen molar-refractivity contribution < 1.29 is 24.3 Å². The van der Waals surface area contributed by atoms with Crippen LogP contribution in [0, 0.1) is 0 Å². The fourth-order valence-corrected chi connectivity index (χ4v) is 1.66. The number of unbranched alkanes of at least 4 members (excludes halogenated alkanes) is 1. The molecular formula is C11H17N3O5. The van der Waals surface area contributed by atoms with E-state index in [1.165, 1.54) is 0 Å². The smallest absolute Gasteiger partial charge is 0.326 e. The van der Waals surface area contributed by atoms with Gasteiger partial charge in [0.2, 0.25) is 5.91 Å². The van der Waals surface area contributed by atoms with Gasteiger partial charge in [0.15, 0.2) is 0 Å². The minimum atomic E-state index is -1.13. The topological polar surface area (TPSA) is 116 Å². The van der Waals surface area contributed by atoms with E-state index >= 15 is 0 Å². The zero-order valence-corrected chi connectivity index (χ0v) is 10.6. The minimum Gasteiger partial charge on any atom is -0.480 e. The van der Waals surface area contributed by atoms with Gasteiger partial charge in [-0.1, -0.05) is 19.8 Å². The van der Waals surface area contributed by atoms with E-state index in [-0.39, 0.29) is 6.54 Å². The van der Waals surface area contributed by atoms with Crippen LogP contribution < -0.4 is 10.6 Å². The van der Waals surface area contributed by atoms with Crippen LogP contribution in [-0.4, -0.2) is 53.0 Å². The Bertz CT molecular complexity index is 380. The van der Waals surface area contributed by atoms with Crippen LogP contribution in [0.25, 0.3) is 0 Å². The summed E-state index contributed by atoms with van der Waals surface area (Å²) in [7, 11) is 0. The average Bonchev–Trinajstić information content (AvgIpc) is 2.66. The molecule has 0 spiro atoms. The number of urea groups is 1. The summed E-state index contributed by atoms with van der Waals surface area (Å²) in [6, 6.07) is -1.63. The van der Waals surface area contributed by atoms with Crippen molar-refractivity contribution in [2.24, 2.45) is 0 Å². The summed E-state index contributed by atoms with van der Waals surface area (Å²) >= 11 is 0. The number of carbonyl (C=O) groups excluding carboxylic acids is 3. The van der Waals surface area contributed by atoms with Crippen molar-refractivity contribution in [3.05, 3.63) is 0 Å². The van der Waals surface area contributed by atoms with E-state index in [1.54, 1.807) is 0 Å². The van der Waals surface area contributed by atoms with Gasteiger partial charge in [-0.2, -0.15) is 0 Å². The number of nitrogens with zero attached hydrogens (tertiary/aromatic N) is 1. The highest BCUT2D eigenvalue weighted by atomic mass is 16.4. The van der Waals surface area contributed by atoms with Crippen molar-refractivity contribution in [1.29, 1.82) is 0 Å². The Morgan fingerprint density at radius 2 is 2.16 bits per heavy atom. The molecule has 8 heteroatoms. The van der Waals surface area contributed by atoms with E-state index in [4.69, 9.17) is 5.11 Å². The van der Waals surface area contributed by atoms with E-state index in [0.29, 0.717) is 12.8 Å². The fraction of sp³-hybridized carbons (Fsp3) is 0.636. The highest BCUT2D eigenvalue weighted by Gasteiger charge is 2.31. The average molecular weight is 271 g/mol. The van der Waals surface area contributed by atoms with Crippen molar-refractivity contribution in [3.8, 4) is 0 Å². The van der Waals surface area contributed by atoms with Gasteiger partial charge >= 0.3 is 12.0 Å². The van der Waals surface area contributed by atoms with Crippen molar-refractivity contribution in [3.63, 3.8) is 0 Å². The number of aliphatic carboxylic acids is 1. The molecule has 8 nitrogen and oxygen atoms in total. The molecule has 0 bridgehead atoms. The number of imide groups is 1. The molecule has 0 aliphatic carbocycles. The third kappa shape index (κ3) is 4.23. The van der Waals surface area contributed by atoms with Crippen molar-refractivity contribution >= 4 is 23.8 Å². The standard InChI is InChI=1S/C11H17N3O5/c1-2-3-4-7(10(17)18)13-8(15)6-14-9(16)5-12-11(14)19/h7H,2-6H2,1H3,(H,12,19)(H,13,15)(H,17,18)/t7-/m0/s1. The van der Waals surface area contributed by atoms with E-state index in [9.17, 15) is 19.2 Å². The summed E-state index contributed by atoms with van der Waals surface area (Å²) in [5, 5.41) is 13.5. The number of carboxylic acid groups (broad SMARTS) is 1. The number of hydrogen-bond acceptors (Lipinski definition) is 4. The summed E-state index contributed by atoms with van der Waals surface area (Å²) in [5.41, 5.74) is 0. The minimum absolute atomic E-state index is 0.135. The van der Waals surface area contributed by atoms with Crippen molar-refractivity contribution in [2.75, 3.05) is 13.1 Å². The molecule has 1 heterocycles. The zero-order valence-electron chi connectivity index (χ0n) is 10.6. The molecule has 0 aromatic carbocycles. The SMILES string of the molecule is CCCC[C@H](NC(=O)CN1C(=O)CNC1=O)C(=O)O. The lowest BCUT2D eigenvalue weighted by atomic mass is 10.1. The Labute approximate surface area is 110 Å². The van der Waals surface area contributed by atoms with Crippen LogP contribution in [-0.2, 0) is 14.4 Å². The predicted molar refractivity (Wildman–Crippen MR) is 64.2 cm³/mol.